The minimum absolute atomic E-state index is 0.0500. The Bertz CT molecular complexity index is 1690. The van der Waals surface area contributed by atoms with Crippen LogP contribution in [0, 0.1) is 0 Å². The normalized spacial score (nSPS) is 13.4. The van der Waals surface area contributed by atoms with Crippen molar-refractivity contribution in [1.82, 2.24) is 0 Å². The van der Waals surface area contributed by atoms with Gasteiger partial charge in [0.05, 0.1) is 0 Å². The molecule has 0 unspecified atom stereocenters. The zero-order valence-corrected chi connectivity index (χ0v) is 20.6. The van der Waals surface area contributed by atoms with Crippen LogP contribution in [0.4, 0.5) is 0 Å². The van der Waals surface area contributed by atoms with Crippen LogP contribution in [-0.4, -0.2) is 11.6 Å². The van der Waals surface area contributed by atoms with Gasteiger partial charge < -0.3 is 0 Å². The maximum absolute atomic E-state index is 13.6. The molecule has 0 atom stereocenters. The van der Waals surface area contributed by atoms with Gasteiger partial charge in [-0.15, -0.1) is 45.3 Å². The van der Waals surface area contributed by atoms with E-state index in [4.69, 9.17) is 0 Å². The third-order valence-corrected chi connectivity index (χ3v) is 11.1. The van der Waals surface area contributed by atoms with Crippen molar-refractivity contribution in [3.63, 3.8) is 0 Å². The van der Waals surface area contributed by atoms with Crippen molar-refractivity contribution >= 4 is 67.7 Å². The molecule has 2 aliphatic rings. The monoisotopic (exact) mass is 508 g/mol. The summed E-state index contributed by atoms with van der Waals surface area (Å²) >= 11 is 6.71. The molecule has 0 spiro atoms. The molecule has 0 amide bonds. The Morgan fingerprint density at radius 2 is 0.912 bits per heavy atom. The summed E-state index contributed by atoms with van der Waals surface area (Å²) < 4.78 is 0. The maximum Gasteiger partial charge on any atom is 0.195 e. The average molecular weight is 509 g/mol. The first-order valence-corrected chi connectivity index (χ1v) is 14.1. The van der Waals surface area contributed by atoms with Crippen LogP contribution in [0.15, 0.2) is 71.4 Å². The lowest BCUT2D eigenvalue weighted by atomic mass is 9.80. The van der Waals surface area contributed by atoms with Gasteiger partial charge in [-0.25, -0.2) is 0 Å². The van der Waals surface area contributed by atoms with E-state index in [1.54, 1.807) is 45.3 Å². The summed E-state index contributed by atoms with van der Waals surface area (Å²) in [6.45, 7) is 0. The zero-order valence-electron chi connectivity index (χ0n) is 17.4. The summed E-state index contributed by atoms with van der Waals surface area (Å²) in [5.41, 5.74) is 5.05. The minimum Gasteiger partial charge on any atom is -0.289 e. The second-order valence-corrected chi connectivity index (χ2v) is 12.4. The standard InChI is InChI=1S/C28H12O2S4/c29-25-13-6-8-16-24-14(26(30)18-12-22(34-28(16)18)20-4-2-10-32-20)5-7-15(23(13)24)27-17(25)11-21(33-27)19-3-1-9-31-19/h1-12H. The first kappa shape index (κ1) is 19.2. The maximum atomic E-state index is 13.6. The Kier molecular flexibility index (Phi) is 3.78. The topological polar surface area (TPSA) is 34.1 Å². The van der Waals surface area contributed by atoms with Crippen molar-refractivity contribution in [2.75, 3.05) is 0 Å². The Hall–Kier alpha value is -3.16. The Labute approximate surface area is 210 Å². The Balaban J connectivity index is 1.43. The number of carbonyl (C=O) groups is 2. The van der Waals surface area contributed by atoms with Crippen LogP contribution in [0.25, 0.3) is 51.2 Å². The van der Waals surface area contributed by atoms with E-state index in [-0.39, 0.29) is 11.6 Å². The predicted octanol–water partition coefficient (Wildman–Crippen LogP) is 8.84. The van der Waals surface area contributed by atoms with Crippen LogP contribution in [0.1, 0.15) is 31.8 Å². The van der Waals surface area contributed by atoms with Crippen molar-refractivity contribution in [1.29, 1.82) is 0 Å². The summed E-state index contributed by atoms with van der Waals surface area (Å²) in [6, 6.07) is 20.3. The van der Waals surface area contributed by atoms with Crippen molar-refractivity contribution < 1.29 is 9.59 Å². The number of rotatable bonds is 2. The van der Waals surface area contributed by atoms with Gasteiger partial charge in [-0.3, -0.25) is 9.59 Å². The molecule has 0 N–H and O–H groups in total. The summed E-state index contributed by atoms with van der Waals surface area (Å²) in [6.07, 6.45) is 0. The number of carbonyl (C=O) groups excluding carboxylic acids is 2. The quantitative estimate of drug-likeness (QED) is 0.234. The zero-order chi connectivity index (χ0) is 22.6. The fourth-order valence-electron chi connectivity index (χ4n) is 5.14. The summed E-state index contributed by atoms with van der Waals surface area (Å²) in [7, 11) is 0. The molecule has 0 saturated carbocycles. The van der Waals surface area contributed by atoms with E-state index < -0.39 is 0 Å². The van der Waals surface area contributed by atoms with E-state index in [9.17, 15) is 9.59 Å². The van der Waals surface area contributed by atoms with E-state index in [1.165, 1.54) is 9.75 Å². The van der Waals surface area contributed by atoms with Crippen molar-refractivity contribution in [2.45, 2.75) is 0 Å². The van der Waals surface area contributed by atoms with E-state index in [2.05, 4.69) is 22.9 Å². The van der Waals surface area contributed by atoms with Gasteiger partial charge in [0.1, 0.15) is 0 Å². The molecule has 4 aromatic heterocycles. The summed E-state index contributed by atoms with van der Waals surface area (Å²) in [4.78, 5) is 33.8. The van der Waals surface area contributed by atoms with Gasteiger partial charge in [0.15, 0.2) is 11.6 Å². The lowest BCUT2D eigenvalue weighted by Gasteiger charge is -2.23. The van der Waals surface area contributed by atoms with Crippen molar-refractivity contribution in [3.05, 3.63) is 93.7 Å². The van der Waals surface area contributed by atoms with E-state index in [1.807, 2.05) is 48.5 Å². The SMILES string of the molecule is O=C1c2cc(-c3cccs3)sc2-c2ccc3c4c(ccc1c24)-c1sc(-c2cccs2)cc1C3=O. The van der Waals surface area contributed by atoms with Crippen molar-refractivity contribution in [2.24, 2.45) is 0 Å². The van der Waals surface area contributed by atoms with E-state index >= 15 is 0 Å². The van der Waals surface area contributed by atoms with E-state index in [0.29, 0.717) is 11.1 Å². The van der Waals surface area contributed by atoms with Crippen LogP contribution in [0.3, 0.4) is 0 Å². The van der Waals surface area contributed by atoms with Gasteiger partial charge in [0.25, 0.3) is 0 Å². The van der Waals surface area contributed by atoms with Crippen LogP contribution in [0.2, 0.25) is 0 Å². The minimum atomic E-state index is 0.0500. The highest BCUT2D eigenvalue weighted by Gasteiger charge is 2.34. The van der Waals surface area contributed by atoms with Crippen LogP contribution in [0.5, 0.6) is 0 Å². The van der Waals surface area contributed by atoms with Gasteiger partial charge >= 0.3 is 0 Å². The molecule has 2 aromatic carbocycles. The third kappa shape index (κ3) is 2.38. The molecule has 4 heterocycles. The molecular formula is C28H12O2S4. The molecule has 6 aromatic rings. The van der Waals surface area contributed by atoms with Gasteiger partial charge in [-0.1, -0.05) is 24.3 Å². The number of hydrogen-bond acceptors (Lipinski definition) is 6. The molecule has 6 heteroatoms. The smallest absolute Gasteiger partial charge is 0.195 e. The molecule has 0 bridgehead atoms. The van der Waals surface area contributed by atoms with Gasteiger partial charge in [0, 0.05) is 73.4 Å². The molecule has 34 heavy (non-hydrogen) atoms. The Morgan fingerprint density at radius 1 is 0.471 bits per heavy atom. The highest BCUT2D eigenvalue weighted by atomic mass is 32.1. The van der Waals surface area contributed by atoms with Gasteiger partial charge in [0.2, 0.25) is 0 Å². The van der Waals surface area contributed by atoms with Crippen LogP contribution in [-0.2, 0) is 0 Å². The fraction of sp³-hybridized carbons (Fsp3) is 0. The largest absolute Gasteiger partial charge is 0.289 e. The van der Waals surface area contributed by atoms with Gasteiger partial charge in [-0.2, -0.15) is 0 Å². The summed E-state index contributed by atoms with van der Waals surface area (Å²) in [5.74, 6) is 0.0999. The Morgan fingerprint density at radius 3 is 1.32 bits per heavy atom. The molecule has 8 rings (SSSR count). The number of hydrogen-bond donors (Lipinski definition) is 0. The molecule has 0 fully saturated rings. The lowest BCUT2D eigenvalue weighted by molar-refractivity contribution is 0.103. The number of thiophene rings is 4. The molecule has 0 aliphatic heterocycles. The van der Waals surface area contributed by atoms with Crippen LogP contribution < -0.4 is 0 Å². The molecule has 0 saturated heterocycles. The van der Waals surface area contributed by atoms with Gasteiger partial charge in [-0.05, 0) is 47.2 Å². The number of benzene rings is 2. The summed E-state index contributed by atoms with van der Waals surface area (Å²) in [5, 5.41) is 5.98. The molecule has 160 valence electrons. The lowest BCUT2D eigenvalue weighted by Crippen LogP contribution is -2.13. The third-order valence-electron chi connectivity index (χ3n) is 6.62. The molecule has 2 nitrogen and oxygen atoms in total. The highest BCUT2D eigenvalue weighted by Crippen LogP contribution is 2.52. The number of fused-ring (bicyclic) bond motifs is 4. The highest BCUT2D eigenvalue weighted by molar-refractivity contribution is 7.24. The first-order chi connectivity index (χ1) is 16.7. The molecule has 0 radical (unpaired) electrons. The first-order valence-electron chi connectivity index (χ1n) is 10.7. The van der Waals surface area contributed by atoms with Crippen molar-refractivity contribution in [3.8, 4) is 40.4 Å². The second-order valence-electron chi connectivity index (χ2n) is 8.39. The fourth-order valence-corrected chi connectivity index (χ4v) is 9.17. The second kappa shape index (κ2) is 6.71. The molecular weight excluding hydrogens is 497 g/mol. The average Bonchev–Trinajstić information content (AvgIpc) is 3.66. The molecule has 2 aliphatic carbocycles. The van der Waals surface area contributed by atoms with E-state index in [0.717, 1.165) is 52.5 Å². The predicted molar refractivity (Wildman–Crippen MR) is 144 cm³/mol. The van der Waals surface area contributed by atoms with Crippen LogP contribution >= 0.6 is 45.3 Å². The number of ketones is 2.